The van der Waals surface area contributed by atoms with E-state index in [0.29, 0.717) is 55.6 Å². The standard InChI is InChI=1S/C19H26N6O3/c1-3-4-5-6-21-14-15(17(27)16(14)26)24-7-9-25(10-8-24)19-22-11-13(12-23-19)18(28)20-2/h11-12,21H,3-10H2,1-2H3,(H,20,28). The molecule has 9 nitrogen and oxygen atoms in total. The van der Waals surface area contributed by atoms with Crippen molar-refractivity contribution in [3.63, 3.8) is 0 Å². The number of rotatable bonds is 8. The Balaban J connectivity index is 1.60. The zero-order valence-corrected chi connectivity index (χ0v) is 16.3. The summed E-state index contributed by atoms with van der Waals surface area (Å²) in [5, 5.41) is 5.67. The van der Waals surface area contributed by atoms with Crippen LogP contribution in [0.5, 0.6) is 0 Å². The Morgan fingerprint density at radius 3 is 2.29 bits per heavy atom. The quantitative estimate of drug-likeness (QED) is 0.495. The highest BCUT2D eigenvalue weighted by molar-refractivity contribution is 5.93. The van der Waals surface area contributed by atoms with Crippen LogP contribution >= 0.6 is 0 Å². The van der Waals surface area contributed by atoms with Gasteiger partial charge in [-0.25, -0.2) is 9.97 Å². The molecule has 2 N–H and O–H groups in total. The summed E-state index contributed by atoms with van der Waals surface area (Å²) in [7, 11) is 1.56. The zero-order chi connectivity index (χ0) is 20.1. The summed E-state index contributed by atoms with van der Waals surface area (Å²) in [5.41, 5.74) is 0.560. The summed E-state index contributed by atoms with van der Waals surface area (Å²) in [6, 6.07) is 0. The maximum absolute atomic E-state index is 12.1. The van der Waals surface area contributed by atoms with Gasteiger partial charge < -0.3 is 20.4 Å². The Morgan fingerprint density at radius 2 is 1.68 bits per heavy atom. The molecule has 0 atom stereocenters. The van der Waals surface area contributed by atoms with Crippen molar-refractivity contribution in [2.24, 2.45) is 0 Å². The lowest BCUT2D eigenvalue weighted by atomic mass is 10.1. The predicted octanol–water partition coefficient (Wildman–Crippen LogP) is 0.361. The molecule has 1 aromatic carbocycles. The van der Waals surface area contributed by atoms with Gasteiger partial charge in [0.15, 0.2) is 0 Å². The van der Waals surface area contributed by atoms with E-state index in [-0.39, 0.29) is 5.91 Å². The summed E-state index contributed by atoms with van der Waals surface area (Å²) in [5.74, 6) is 0.325. The second-order valence-electron chi connectivity index (χ2n) is 6.84. The number of nitrogens with one attached hydrogen (secondary N) is 2. The monoisotopic (exact) mass is 386 g/mol. The minimum atomic E-state index is -0.415. The lowest BCUT2D eigenvalue weighted by Gasteiger charge is -2.37. The molecule has 0 bridgehead atoms. The third kappa shape index (κ3) is 3.97. The van der Waals surface area contributed by atoms with Gasteiger partial charge in [0.2, 0.25) is 5.95 Å². The molecular weight excluding hydrogens is 360 g/mol. The molecule has 0 spiro atoms. The molecule has 1 aliphatic heterocycles. The lowest BCUT2D eigenvalue weighted by Crippen LogP contribution is -2.52. The Kier molecular flexibility index (Phi) is 6.23. The van der Waals surface area contributed by atoms with Crippen LogP contribution in [-0.4, -0.2) is 55.6 Å². The van der Waals surface area contributed by atoms with Crippen LogP contribution in [0.2, 0.25) is 0 Å². The first kappa shape index (κ1) is 19.8. The highest BCUT2D eigenvalue weighted by Gasteiger charge is 2.29. The third-order valence-electron chi connectivity index (χ3n) is 4.97. The van der Waals surface area contributed by atoms with Crippen LogP contribution in [-0.2, 0) is 0 Å². The van der Waals surface area contributed by atoms with E-state index < -0.39 is 10.9 Å². The van der Waals surface area contributed by atoms with Gasteiger partial charge >= 0.3 is 0 Å². The number of anilines is 3. The molecule has 0 radical (unpaired) electrons. The molecule has 3 rings (SSSR count). The van der Waals surface area contributed by atoms with Gasteiger partial charge in [0.25, 0.3) is 16.8 Å². The van der Waals surface area contributed by atoms with Crippen molar-refractivity contribution in [2.45, 2.75) is 26.2 Å². The fourth-order valence-electron chi connectivity index (χ4n) is 3.31. The molecule has 0 unspecified atom stereocenters. The Bertz CT molecular complexity index is 880. The van der Waals surface area contributed by atoms with Crippen LogP contribution in [0.3, 0.4) is 0 Å². The SMILES string of the molecule is CCCCCNc1c(N2CCN(c3ncc(C(=O)NC)cn3)CC2)c(=O)c1=O. The molecule has 1 amide bonds. The maximum Gasteiger partial charge on any atom is 0.254 e. The van der Waals surface area contributed by atoms with E-state index in [1.165, 1.54) is 12.4 Å². The lowest BCUT2D eigenvalue weighted by molar-refractivity contribution is 0.0962. The number of amides is 1. The molecule has 2 heterocycles. The molecule has 1 saturated heterocycles. The topological polar surface area (TPSA) is 108 Å². The van der Waals surface area contributed by atoms with Crippen molar-refractivity contribution in [3.05, 3.63) is 38.4 Å². The minimum absolute atomic E-state index is 0.226. The van der Waals surface area contributed by atoms with E-state index >= 15 is 0 Å². The van der Waals surface area contributed by atoms with Gasteiger partial charge in [0.1, 0.15) is 11.4 Å². The molecule has 0 saturated carbocycles. The summed E-state index contributed by atoms with van der Waals surface area (Å²) < 4.78 is 0. The van der Waals surface area contributed by atoms with Gasteiger partial charge in [-0.2, -0.15) is 0 Å². The number of nitrogens with zero attached hydrogens (tertiary/aromatic N) is 4. The number of unbranched alkanes of at least 4 members (excludes halogenated alkanes) is 2. The Morgan fingerprint density at radius 1 is 1.04 bits per heavy atom. The molecule has 2 aromatic rings. The molecule has 1 fully saturated rings. The zero-order valence-electron chi connectivity index (χ0n) is 16.3. The Labute approximate surface area is 163 Å². The average Bonchev–Trinajstić information content (AvgIpc) is 2.75. The third-order valence-corrected chi connectivity index (χ3v) is 4.97. The smallest absolute Gasteiger partial charge is 0.254 e. The summed E-state index contributed by atoms with van der Waals surface area (Å²) >= 11 is 0. The normalized spacial score (nSPS) is 14.4. The van der Waals surface area contributed by atoms with Crippen LogP contribution < -0.4 is 31.3 Å². The van der Waals surface area contributed by atoms with E-state index in [2.05, 4.69) is 27.5 Å². The van der Waals surface area contributed by atoms with E-state index in [4.69, 9.17) is 0 Å². The molecule has 28 heavy (non-hydrogen) atoms. The molecular formula is C19H26N6O3. The first-order valence-corrected chi connectivity index (χ1v) is 9.68. The van der Waals surface area contributed by atoms with E-state index in [1.54, 1.807) is 7.05 Å². The molecule has 0 aliphatic carbocycles. The number of carbonyl (C=O) groups is 1. The number of piperazine rings is 1. The highest BCUT2D eigenvalue weighted by Crippen LogP contribution is 2.22. The number of hydrogen-bond donors (Lipinski definition) is 2. The fraction of sp³-hybridized carbons (Fsp3) is 0.526. The van der Waals surface area contributed by atoms with Crippen molar-refractivity contribution >= 4 is 23.2 Å². The molecule has 1 aromatic heterocycles. The van der Waals surface area contributed by atoms with Crippen molar-refractivity contribution in [2.75, 3.05) is 54.9 Å². The average molecular weight is 386 g/mol. The molecule has 1 aliphatic rings. The second-order valence-corrected chi connectivity index (χ2v) is 6.84. The second kappa shape index (κ2) is 8.81. The van der Waals surface area contributed by atoms with Crippen LogP contribution in [0, 0.1) is 0 Å². The van der Waals surface area contributed by atoms with E-state index in [9.17, 15) is 14.4 Å². The van der Waals surface area contributed by atoms with Crippen LogP contribution in [0.25, 0.3) is 0 Å². The summed E-state index contributed by atoms with van der Waals surface area (Å²) in [6.07, 6.45) is 6.18. The van der Waals surface area contributed by atoms with Gasteiger partial charge in [-0.05, 0) is 6.42 Å². The predicted molar refractivity (Wildman–Crippen MR) is 109 cm³/mol. The number of aromatic nitrogens is 2. The van der Waals surface area contributed by atoms with Gasteiger partial charge in [0.05, 0.1) is 5.56 Å². The van der Waals surface area contributed by atoms with Crippen molar-refractivity contribution in [3.8, 4) is 0 Å². The van der Waals surface area contributed by atoms with Crippen molar-refractivity contribution in [1.29, 1.82) is 0 Å². The fourth-order valence-corrected chi connectivity index (χ4v) is 3.31. The summed E-state index contributed by atoms with van der Waals surface area (Å²) in [4.78, 5) is 48.1. The largest absolute Gasteiger partial charge is 0.380 e. The van der Waals surface area contributed by atoms with Crippen LogP contribution in [0.15, 0.2) is 22.0 Å². The minimum Gasteiger partial charge on any atom is -0.380 e. The first-order chi connectivity index (χ1) is 13.6. The van der Waals surface area contributed by atoms with Crippen LogP contribution in [0.4, 0.5) is 17.3 Å². The number of hydrogen-bond acceptors (Lipinski definition) is 8. The maximum atomic E-state index is 12.1. The summed E-state index contributed by atoms with van der Waals surface area (Å²) in [6.45, 7) is 5.31. The Hall–Kier alpha value is -2.97. The van der Waals surface area contributed by atoms with Crippen LogP contribution in [0.1, 0.15) is 36.5 Å². The van der Waals surface area contributed by atoms with Gasteiger partial charge in [-0.1, -0.05) is 19.8 Å². The highest BCUT2D eigenvalue weighted by atomic mass is 16.2. The first-order valence-electron chi connectivity index (χ1n) is 9.68. The number of carbonyl (C=O) groups excluding carboxylic acids is 1. The van der Waals surface area contributed by atoms with Crippen molar-refractivity contribution in [1.82, 2.24) is 15.3 Å². The van der Waals surface area contributed by atoms with Gasteiger partial charge in [-0.3, -0.25) is 14.4 Å². The van der Waals surface area contributed by atoms with Gasteiger partial charge in [0, 0.05) is 52.2 Å². The van der Waals surface area contributed by atoms with E-state index in [1.807, 2.05) is 9.80 Å². The van der Waals surface area contributed by atoms with Crippen molar-refractivity contribution < 1.29 is 4.79 Å². The van der Waals surface area contributed by atoms with E-state index in [0.717, 1.165) is 19.3 Å². The molecule has 150 valence electrons. The van der Waals surface area contributed by atoms with Gasteiger partial charge in [-0.15, -0.1) is 0 Å². The molecule has 9 heteroatoms.